The number of thiocarbonyl (C=S) groups is 1. The van der Waals surface area contributed by atoms with E-state index < -0.39 is 0 Å². The normalized spacial score (nSPS) is 16.1. The highest BCUT2D eigenvalue weighted by Gasteiger charge is 2.15. The molecule has 0 radical (unpaired) electrons. The summed E-state index contributed by atoms with van der Waals surface area (Å²) in [6.07, 6.45) is 4.09. The number of rotatable bonds is 8. The molecule has 1 heterocycles. The van der Waals surface area contributed by atoms with Crippen LogP contribution in [0.3, 0.4) is 0 Å². The largest absolute Gasteiger partial charge is 0.493 e. The Morgan fingerprint density at radius 2 is 2.11 bits per heavy atom. The summed E-state index contributed by atoms with van der Waals surface area (Å²) in [6.45, 7) is 1.99. The Morgan fingerprint density at radius 3 is 2.86 bits per heavy atom. The van der Waals surface area contributed by atoms with Crippen molar-refractivity contribution in [3.63, 3.8) is 0 Å². The molecule has 0 bridgehead atoms. The van der Waals surface area contributed by atoms with Gasteiger partial charge in [0.1, 0.15) is 6.61 Å². The zero-order valence-electron chi connectivity index (χ0n) is 15.9. The molecular formula is C21H25N3O3S. The third-order valence-electron chi connectivity index (χ3n) is 4.32. The number of methoxy groups -OCH3 is 1. The van der Waals surface area contributed by atoms with Gasteiger partial charge >= 0.3 is 0 Å². The van der Waals surface area contributed by atoms with Gasteiger partial charge in [0.2, 0.25) is 0 Å². The Morgan fingerprint density at radius 1 is 1.25 bits per heavy atom. The summed E-state index contributed by atoms with van der Waals surface area (Å²) in [5.41, 5.74) is 4.79. The Kier molecular flexibility index (Phi) is 7.63. The van der Waals surface area contributed by atoms with E-state index in [-0.39, 0.29) is 6.10 Å². The second-order valence-corrected chi connectivity index (χ2v) is 6.81. The van der Waals surface area contributed by atoms with Gasteiger partial charge in [-0.3, -0.25) is 5.43 Å². The number of hydrogen-bond donors (Lipinski definition) is 2. The third kappa shape index (κ3) is 6.21. The Hall–Kier alpha value is -2.64. The van der Waals surface area contributed by atoms with Crippen LogP contribution in [0, 0.1) is 0 Å². The number of ether oxygens (including phenoxy) is 3. The second-order valence-electron chi connectivity index (χ2n) is 6.40. The zero-order chi connectivity index (χ0) is 19.6. The first-order chi connectivity index (χ1) is 13.7. The van der Waals surface area contributed by atoms with Gasteiger partial charge in [0, 0.05) is 13.2 Å². The standard InChI is InChI=1S/C21H25N3O3S/c1-25-19-10-9-17(12-20(19)27-15-16-6-3-2-4-7-16)13-23-24-21(28)22-14-18-8-5-11-26-18/h2-4,6-7,9-10,12-13,18H,5,8,11,14-15H2,1H3,(H2,22,24,28). The predicted molar refractivity (Wildman–Crippen MR) is 114 cm³/mol. The quantitative estimate of drug-likeness (QED) is 0.404. The number of hydrogen-bond acceptors (Lipinski definition) is 5. The fraction of sp³-hybridized carbons (Fsp3) is 0.333. The number of nitrogens with one attached hydrogen (secondary N) is 2. The van der Waals surface area contributed by atoms with Gasteiger partial charge in [-0.05, 0) is 54.4 Å². The van der Waals surface area contributed by atoms with Crippen LogP contribution >= 0.6 is 12.2 Å². The van der Waals surface area contributed by atoms with Crippen molar-refractivity contribution in [1.82, 2.24) is 10.7 Å². The molecule has 2 aromatic carbocycles. The molecule has 1 aliphatic heterocycles. The van der Waals surface area contributed by atoms with Crippen LogP contribution in [0.2, 0.25) is 0 Å². The van der Waals surface area contributed by atoms with E-state index in [1.807, 2.05) is 48.5 Å². The van der Waals surface area contributed by atoms with Crippen molar-refractivity contribution in [3.05, 3.63) is 59.7 Å². The highest BCUT2D eigenvalue weighted by Crippen LogP contribution is 2.28. The summed E-state index contributed by atoms with van der Waals surface area (Å²) in [6, 6.07) is 15.6. The number of benzene rings is 2. The lowest BCUT2D eigenvalue weighted by atomic mass is 10.2. The van der Waals surface area contributed by atoms with Crippen molar-refractivity contribution in [1.29, 1.82) is 0 Å². The van der Waals surface area contributed by atoms with Gasteiger partial charge in [0.05, 0.1) is 19.4 Å². The van der Waals surface area contributed by atoms with Gasteiger partial charge in [-0.15, -0.1) is 0 Å². The summed E-state index contributed by atoms with van der Waals surface area (Å²) in [5, 5.41) is 7.77. The van der Waals surface area contributed by atoms with E-state index >= 15 is 0 Å². The Balaban J connectivity index is 1.52. The van der Waals surface area contributed by atoms with Crippen molar-refractivity contribution in [2.75, 3.05) is 20.3 Å². The average Bonchev–Trinajstić information content (AvgIpc) is 3.25. The summed E-state index contributed by atoms with van der Waals surface area (Å²) < 4.78 is 16.9. The molecule has 0 aromatic heterocycles. The van der Waals surface area contributed by atoms with Crippen LogP contribution in [0.15, 0.2) is 53.6 Å². The topological polar surface area (TPSA) is 64.1 Å². The fourth-order valence-corrected chi connectivity index (χ4v) is 2.97. The minimum atomic E-state index is 0.231. The van der Waals surface area contributed by atoms with Gasteiger partial charge in [0.15, 0.2) is 16.6 Å². The van der Waals surface area contributed by atoms with Crippen molar-refractivity contribution >= 4 is 23.5 Å². The molecule has 28 heavy (non-hydrogen) atoms. The third-order valence-corrected chi connectivity index (χ3v) is 4.55. The monoisotopic (exact) mass is 399 g/mol. The molecule has 1 aliphatic rings. The van der Waals surface area contributed by atoms with E-state index in [4.69, 9.17) is 26.4 Å². The number of nitrogens with zero attached hydrogens (tertiary/aromatic N) is 1. The summed E-state index contributed by atoms with van der Waals surface area (Å²) in [5.74, 6) is 1.34. The van der Waals surface area contributed by atoms with Gasteiger partial charge in [-0.1, -0.05) is 30.3 Å². The molecule has 6 nitrogen and oxygen atoms in total. The van der Waals surface area contributed by atoms with E-state index in [0.717, 1.165) is 30.6 Å². The average molecular weight is 400 g/mol. The van der Waals surface area contributed by atoms with Crippen LogP contribution in [0.4, 0.5) is 0 Å². The van der Waals surface area contributed by atoms with Crippen LogP contribution in [0.5, 0.6) is 11.5 Å². The van der Waals surface area contributed by atoms with Crippen LogP contribution < -0.4 is 20.2 Å². The maximum atomic E-state index is 5.92. The summed E-state index contributed by atoms with van der Waals surface area (Å²) in [7, 11) is 1.62. The summed E-state index contributed by atoms with van der Waals surface area (Å²) >= 11 is 5.23. The van der Waals surface area contributed by atoms with Crippen molar-refractivity contribution in [3.8, 4) is 11.5 Å². The molecule has 148 valence electrons. The van der Waals surface area contributed by atoms with Gasteiger partial charge < -0.3 is 19.5 Å². The fourth-order valence-electron chi connectivity index (χ4n) is 2.84. The SMILES string of the molecule is COc1ccc(C=NNC(=S)NCC2CCCO2)cc1OCc1ccccc1. The molecule has 0 saturated carbocycles. The van der Waals surface area contributed by atoms with E-state index in [1.54, 1.807) is 13.3 Å². The lowest BCUT2D eigenvalue weighted by Crippen LogP contribution is -2.37. The van der Waals surface area contributed by atoms with E-state index in [1.165, 1.54) is 0 Å². The molecule has 1 unspecified atom stereocenters. The minimum Gasteiger partial charge on any atom is -0.493 e. The van der Waals surface area contributed by atoms with Crippen LogP contribution in [0.1, 0.15) is 24.0 Å². The molecule has 3 rings (SSSR count). The van der Waals surface area contributed by atoms with Crippen LogP contribution in [-0.4, -0.2) is 37.7 Å². The highest BCUT2D eigenvalue weighted by molar-refractivity contribution is 7.80. The lowest BCUT2D eigenvalue weighted by Gasteiger charge is -2.12. The first-order valence-corrected chi connectivity index (χ1v) is 9.68. The molecule has 0 amide bonds. The van der Waals surface area contributed by atoms with E-state index in [2.05, 4.69) is 15.8 Å². The minimum absolute atomic E-state index is 0.231. The van der Waals surface area contributed by atoms with Crippen molar-refractivity contribution in [2.45, 2.75) is 25.6 Å². The van der Waals surface area contributed by atoms with Gasteiger partial charge in [-0.2, -0.15) is 5.10 Å². The smallest absolute Gasteiger partial charge is 0.187 e. The molecule has 1 fully saturated rings. The predicted octanol–water partition coefficient (Wildman–Crippen LogP) is 3.25. The molecule has 1 saturated heterocycles. The highest BCUT2D eigenvalue weighted by atomic mass is 32.1. The Labute approximate surface area is 170 Å². The van der Waals surface area contributed by atoms with Crippen LogP contribution in [-0.2, 0) is 11.3 Å². The second kappa shape index (κ2) is 10.6. The lowest BCUT2D eigenvalue weighted by molar-refractivity contribution is 0.114. The van der Waals surface area contributed by atoms with E-state index in [0.29, 0.717) is 29.8 Å². The van der Waals surface area contributed by atoms with Crippen molar-refractivity contribution in [2.24, 2.45) is 5.10 Å². The zero-order valence-corrected chi connectivity index (χ0v) is 16.7. The maximum Gasteiger partial charge on any atom is 0.187 e. The Bertz CT molecular complexity index is 793. The maximum absolute atomic E-state index is 5.92. The molecular weight excluding hydrogens is 374 g/mol. The van der Waals surface area contributed by atoms with Gasteiger partial charge in [0.25, 0.3) is 0 Å². The molecule has 1 atom stereocenters. The molecule has 7 heteroatoms. The molecule has 2 N–H and O–H groups in total. The molecule has 2 aromatic rings. The first-order valence-electron chi connectivity index (χ1n) is 9.28. The van der Waals surface area contributed by atoms with Crippen molar-refractivity contribution < 1.29 is 14.2 Å². The molecule has 0 spiro atoms. The first kappa shape index (κ1) is 20.1. The summed E-state index contributed by atoms with van der Waals surface area (Å²) in [4.78, 5) is 0. The number of hydrazone groups is 1. The molecule has 0 aliphatic carbocycles. The van der Waals surface area contributed by atoms with E-state index in [9.17, 15) is 0 Å². The van der Waals surface area contributed by atoms with Crippen LogP contribution in [0.25, 0.3) is 0 Å². The van der Waals surface area contributed by atoms with Gasteiger partial charge in [-0.25, -0.2) is 0 Å².